The molecule has 0 bridgehead atoms. The van der Waals surface area contributed by atoms with Crippen molar-refractivity contribution in [3.05, 3.63) is 12.2 Å². The van der Waals surface area contributed by atoms with Crippen LogP contribution in [0.3, 0.4) is 0 Å². The Morgan fingerprint density at radius 3 is 2.21 bits per heavy atom. The van der Waals surface area contributed by atoms with Crippen molar-refractivity contribution in [1.82, 2.24) is 0 Å². The van der Waals surface area contributed by atoms with Gasteiger partial charge >= 0.3 is 5.97 Å². The third kappa shape index (κ3) is 11.2. The van der Waals surface area contributed by atoms with Crippen LogP contribution in [-0.2, 0) is 4.79 Å². The summed E-state index contributed by atoms with van der Waals surface area (Å²) in [5.41, 5.74) is 0. The van der Waals surface area contributed by atoms with E-state index in [4.69, 9.17) is 5.11 Å². The Balaban J connectivity index is 2.95. The Morgan fingerprint density at radius 2 is 1.64 bits per heavy atom. The van der Waals surface area contributed by atoms with E-state index in [9.17, 15) is 4.79 Å². The number of carboxylic acids is 1. The molecule has 0 spiro atoms. The Bertz CT molecular complexity index is 162. The van der Waals surface area contributed by atoms with E-state index in [2.05, 4.69) is 12.2 Å². The fourth-order valence-electron chi connectivity index (χ4n) is 1.41. The fraction of sp³-hybridized carbons (Fsp3) is 0.750. The lowest BCUT2D eigenvalue weighted by atomic mass is 10.1. The van der Waals surface area contributed by atoms with E-state index >= 15 is 0 Å². The number of carbonyl (C=O) groups is 1. The highest BCUT2D eigenvalue weighted by Crippen LogP contribution is 2.08. The molecule has 0 aliphatic carbocycles. The molecule has 14 heavy (non-hydrogen) atoms. The zero-order valence-electron chi connectivity index (χ0n) is 9.17. The number of carboxylic acid groups (broad SMARTS) is 1. The van der Waals surface area contributed by atoms with E-state index in [1.807, 2.05) is 6.92 Å². The highest BCUT2D eigenvalue weighted by Gasteiger charge is 1.95. The predicted molar refractivity (Wildman–Crippen MR) is 59.4 cm³/mol. The number of unbranched alkanes of at least 4 members (excludes halogenated alkanes) is 6. The van der Waals surface area contributed by atoms with Crippen LogP contribution in [0.4, 0.5) is 0 Å². The summed E-state index contributed by atoms with van der Waals surface area (Å²) in [5, 5.41) is 8.41. The maximum absolute atomic E-state index is 10.2. The van der Waals surface area contributed by atoms with Gasteiger partial charge < -0.3 is 5.11 Å². The standard InChI is InChI=1S/C12H22O2/c1-2-3-4-5-6-7-8-9-10-11-12(13)14/h2-3H,4-11H2,1H3,(H,13,14)/b3-2+. The third-order valence-electron chi connectivity index (χ3n) is 2.25. The number of rotatable bonds is 9. The van der Waals surface area contributed by atoms with E-state index in [1.165, 1.54) is 32.1 Å². The smallest absolute Gasteiger partial charge is 0.303 e. The van der Waals surface area contributed by atoms with Crippen LogP contribution < -0.4 is 0 Å². The molecule has 0 atom stereocenters. The normalized spacial score (nSPS) is 10.9. The highest BCUT2D eigenvalue weighted by molar-refractivity contribution is 5.66. The van der Waals surface area contributed by atoms with Gasteiger partial charge in [0.15, 0.2) is 0 Å². The van der Waals surface area contributed by atoms with Gasteiger partial charge in [0.25, 0.3) is 0 Å². The van der Waals surface area contributed by atoms with Crippen molar-refractivity contribution >= 4 is 5.97 Å². The van der Waals surface area contributed by atoms with E-state index in [0.717, 1.165) is 12.8 Å². The molecule has 0 heterocycles. The van der Waals surface area contributed by atoms with Gasteiger partial charge in [-0.15, -0.1) is 0 Å². The molecule has 0 aliphatic rings. The van der Waals surface area contributed by atoms with Gasteiger partial charge in [-0.3, -0.25) is 4.79 Å². The van der Waals surface area contributed by atoms with E-state index in [-0.39, 0.29) is 0 Å². The van der Waals surface area contributed by atoms with Gasteiger partial charge in [0.1, 0.15) is 0 Å². The number of hydrogen-bond donors (Lipinski definition) is 1. The summed E-state index contributed by atoms with van der Waals surface area (Å²) in [5.74, 6) is -0.668. The predicted octanol–water partition coefficient (Wildman–Crippen LogP) is 3.77. The topological polar surface area (TPSA) is 37.3 Å². The minimum absolute atomic E-state index is 0.332. The molecule has 0 aromatic rings. The minimum Gasteiger partial charge on any atom is -0.481 e. The van der Waals surface area contributed by atoms with Crippen LogP contribution in [-0.4, -0.2) is 11.1 Å². The first-order chi connectivity index (χ1) is 6.77. The van der Waals surface area contributed by atoms with E-state index < -0.39 is 5.97 Å². The van der Waals surface area contributed by atoms with Crippen LogP contribution in [0.15, 0.2) is 12.2 Å². The van der Waals surface area contributed by atoms with Crippen molar-refractivity contribution in [1.29, 1.82) is 0 Å². The summed E-state index contributed by atoms with van der Waals surface area (Å²) in [6, 6.07) is 0. The molecule has 0 unspecified atom stereocenters. The molecule has 0 rings (SSSR count). The van der Waals surface area contributed by atoms with Gasteiger partial charge in [0.05, 0.1) is 0 Å². The van der Waals surface area contributed by atoms with Crippen molar-refractivity contribution in [3.8, 4) is 0 Å². The lowest BCUT2D eigenvalue weighted by molar-refractivity contribution is -0.137. The van der Waals surface area contributed by atoms with Gasteiger partial charge in [-0.25, -0.2) is 0 Å². The summed E-state index contributed by atoms with van der Waals surface area (Å²) >= 11 is 0. The molecule has 0 saturated heterocycles. The zero-order valence-corrected chi connectivity index (χ0v) is 9.17. The number of aliphatic carboxylic acids is 1. The molecule has 2 heteroatoms. The Labute approximate surface area is 87.0 Å². The summed E-state index contributed by atoms with van der Waals surface area (Å²) in [6.45, 7) is 2.05. The lowest BCUT2D eigenvalue weighted by Crippen LogP contribution is -1.93. The average Bonchev–Trinajstić information content (AvgIpc) is 2.15. The van der Waals surface area contributed by atoms with Gasteiger partial charge in [0, 0.05) is 6.42 Å². The second-order valence-electron chi connectivity index (χ2n) is 3.62. The quantitative estimate of drug-likeness (QED) is 0.452. The maximum Gasteiger partial charge on any atom is 0.303 e. The second kappa shape index (κ2) is 10.3. The van der Waals surface area contributed by atoms with Gasteiger partial charge in [-0.05, 0) is 26.2 Å². The van der Waals surface area contributed by atoms with Crippen LogP contribution in [0.25, 0.3) is 0 Å². The van der Waals surface area contributed by atoms with Crippen LogP contribution in [0.5, 0.6) is 0 Å². The fourth-order valence-corrected chi connectivity index (χ4v) is 1.41. The molecule has 82 valence electrons. The molecular weight excluding hydrogens is 176 g/mol. The highest BCUT2D eigenvalue weighted by atomic mass is 16.4. The molecule has 0 radical (unpaired) electrons. The molecule has 1 N–H and O–H groups in total. The minimum atomic E-state index is -0.668. The molecule has 0 amide bonds. The Morgan fingerprint density at radius 1 is 1.07 bits per heavy atom. The Kier molecular flexibility index (Phi) is 9.71. The van der Waals surface area contributed by atoms with Crippen LogP contribution in [0.1, 0.15) is 58.3 Å². The molecule has 2 nitrogen and oxygen atoms in total. The molecule has 0 saturated carbocycles. The third-order valence-corrected chi connectivity index (χ3v) is 2.25. The number of hydrogen-bond acceptors (Lipinski definition) is 1. The zero-order chi connectivity index (χ0) is 10.6. The first-order valence-electron chi connectivity index (χ1n) is 5.60. The molecule has 0 aliphatic heterocycles. The lowest BCUT2D eigenvalue weighted by Gasteiger charge is -1.98. The molecule has 0 aromatic carbocycles. The van der Waals surface area contributed by atoms with Gasteiger partial charge in [-0.2, -0.15) is 0 Å². The van der Waals surface area contributed by atoms with Crippen molar-refractivity contribution < 1.29 is 9.90 Å². The van der Waals surface area contributed by atoms with Crippen LogP contribution in [0.2, 0.25) is 0 Å². The molecular formula is C12H22O2. The summed E-state index contributed by atoms with van der Waals surface area (Å²) < 4.78 is 0. The van der Waals surface area contributed by atoms with Crippen molar-refractivity contribution in [2.24, 2.45) is 0 Å². The number of allylic oxidation sites excluding steroid dienone is 2. The summed E-state index contributed by atoms with van der Waals surface area (Å²) in [7, 11) is 0. The summed E-state index contributed by atoms with van der Waals surface area (Å²) in [4.78, 5) is 10.2. The summed E-state index contributed by atoms with van der Waals surface area (Å²) in [6.07, 6.45) is 12.7. The van der Waals surface area contributed by atoms with Crippen LogP contribution in [0, 0.1) is 0 Å². The van der Waals surface area contributed by atoms with E-state index in [0.29, 0.717) is 6.42 Å². The Hall–Kier alpha value is -0.790. The first kappa shape index (κ1) is 13.2. The largest absolute Gasteiger partial charge is 0.481 e. The van der Waals surface area contributed by atoms with Gasteiger partial charge in [0.2, 0.25) is 0 Å². The van der Waals surface area contributed by atoms with Gasteiger partial charge in [-0.1, -0.05) is 37.8 Å². The average molecular weight is 198 g/mol. The van der Waals surface area contributed by atoms with E-state index in [1.54, 1.807) is 0 Å². The second-order valence-corrected chi connectivity index (χ2v) is 3.62. The van der Waals surface area contributed by atoms with Crippen molar-refractivity contribution in [2.75, 3.05) is 0 Å². The monoisotopic (exact) mass is 198 g/mol. The van der Waals surface area contributed by atoms with Crippen molar-refractivity contribution in [3.63, 3.8) is 0 Å². The van der Waals surface area contributed by atoms with Crippen LogP contribution >= 0.6 is 0 Å². The molecule has 0 fully saturated rings. The van der Waals surface area contributed by atoms with Crippen molar-refractivity contribution in [2.45, 2.75) is 58.3 Å². The maximum atomic E-state index is 10.2. The first-order valence-corrected chi connectivity index (χ1v) is 5.60. The molecule has 0 aromatic heterocycles. The SMILES string of the molecule is C/C=C/CCCCCCCCC(=O)O.